The molecule has 0 aliphatic carbocycles. The van der Waals surface area contributed by atoms with E-state index in [0.717, 1.165) is 26.8 Å². The second-order valence-corrected chi connectivity index (χ2v) is 11.0. The lowest BCUT2D eigenvalue weighted by Gasteiger charge is -2.16. The third kappa shape index (κ3) is 4.72. The summed E-state index contributed by atoms with van der Waals surface area (Å²) < 4.78 is 1.52. The van der Waals surface area contributed by atoms with E-state index in [4.69, 9.17) is 11.6 Å². The second kappa shape index (κ2) is 9.09. The van der Waals surface area contributed by atoms with Gasteiger partial charge in [0.05, 0.1) is 5.69 Å². The predicted octanol–water partition coefficient (Wildman–Crippen LogP) is 5.52. The van der Waals surface area contributed by atoms with Gasteiger partial charge in [-0.25, -0.2) is 4.90 Å². The Morgan fingerprint density at radius 2 is 1.80 bits per heavy atom. The maximum absolute atomic E-state index is 12.9. The van der Waals surface area contributed by atoms with E-state index in [-0.39, 0.29) is 18.2 Å². The van der Waals surface area contributed by atoms with E-state index in [9.17, 15) is 9.59 Å². The van der Waals surface area contributed by atoms with Crippen molar-refractivity contribution in [2.75, 3.05) is 4.90 Å². The molecule has 1 saturated heterocycles. The molecule has 154 valence electrons. The fourth-order valence-electron chi connectivity index (χ4n) is 2.98. The number of benzene rings is 2. The van der Waals surface area contributed by atoms with E-state index >= 15 is 0 Å². The van der Waals surface area contributed by atoms with Gasteiger partial charge in [0, 0.05) is 17.2 Å². The van der Waals surface area contributed by atoms with Crippen molar-refractivity contribution in [1.82, 2.24) is 10.2 Å². The van der Waals surface area contributed by atoms with Crippen molar-refractivity contribution < 1.29 is 9.59 Å². The molecule has 1 aromatic heterocycles. The summed E-state index contributed by atoms with van der Waals surface area (Å²) in [5.41, 5.74) is 3.96. The first kappa shape index (κ1) is 21.4. The SMILES string of the molecule is Cc1ccc(N2C(=O)C[C@@H](Sc3nnc(SCc4ccc(Cl)cc4)s3)C2=O)cc1C. The Kier molecular flexibility index (Phi) is 6.48. The van der Waals surface area contributed by atoms with E-state index in [0.29, 0.717) is 15.0 Å². The molecular weight excluding hydrogens is 458 g/mol. The van der Waals surface area contributed by atoms with Gasteiger partial charge in [0.2, 0.25) is 11.8 Å². The molecule has 0 spiro atoms. The highest BCUT2D eigenvalue weighted by Gasteiger charge is 2.40. The average molecular weight is 476 g/mol. The van der Waals surface area contributed by atoms with Crippen molar-refractivity contribution in [3.63, 3.8) is 0 Å². The van der Waals surface area contributed by atoms with Crippen molar-refractivity contribution in [1.29, 1.82) is 0 Å². The van der Waals surface area contributed by atoms with E-state index in [1.807, 2.05) is 56.3 Å². The third-order valence-electron chi connectivity index (χ3n) is 4.76. The molecule has 0 unspecified atom stereocenters. The minimum atomic E-state index is -0.471. The molecule has 1 fully saturated rings. The molecule has 2 amide bonds. The number of amides is 2. The Hall–Kier alpha value is -1.87. The summed E-state index contributed by atoms with van der Waals surface area (Å²) in [4.78, 5) is 26.7. The highest BCUT2D eigenvalue weighted by Crippen LogP contribution is 2.37. The minimum absolute atomic E-state index is 0.170. The molecule has 1 atom stereocenters. The number of carbonyl (C=O) groups is 2. The Labute approximate surface area is 192 Å². The lowest BCUT2D eigenvalue weighted by molar-refractivity contribution is -0.121. The van der Waals surface area contributed by atoms with Gasteiger partial charge in [-0.2, -0.15) is 0 Å². The van der Waals surface area contributed by atoms with Crippen LogP contribution in [-0.2, 0) is 15.3 Å². The number of aryl methyl sites for hydroxylation is 2. The normalized spacial score (nSPS) is 16.5. The van der Waals surface area contributed by atoms with Gasteiger partial charge in [0.25, 0.3) is 0 Å². The van der Waals surface area contributed by atoms with Crippen molar-refractivity contribution in [3.05, 3.63) is 64.2 Å². The van der Waals surface area contributed by atoms with Crippen molar-refractivity contribution in [2.45, 2.75) is 40.0 Å². The van der Waals surface area contributed by atoms with Gasteiger partial charge in [0.1, 0.15) is 5.25 Å². The van der Waals surface area contributed by atoms with Gasteiger partial charge in [-0.3, -0.25) is 9.59 Å². The number of anilines is 1. The minimum Gasteiger partial charge on any atom is -0.274 e. The monoisotopic (exact) mass is 475 g/mol. The van der Waals surface area contributed by atoms with E-state index < -0.39 is 5.25 Å². The summed E-state index contributed by atoms with van der Waals surface area (Å²) in [5, 5.41) is 8.65. The molecule has 1 aliphatic rings. The van der Waals surface area contributed by atoms with Crippen molar-refractivity contribution in [2.24, 2.45) is 0 Å². The van der Waals surface area contributed by atoms with Crippen molar-refractivity contribution >= 4 is 64.0 Å². The maximum atomic E-state index is 12.9. The van der Waals surface area contributed by atoms with Crippen molar-refractivity contribution in [3.8, 4) is 0 Å². The van der Waals surface area contributed by atoms with Gasteiger partial charge in [0.15, 0.2) is 8.68 Å². The summed E-state index contributed by atoms with van der Waals surface area (Å²) in [6.45, 7) is 3.98. The van der Waals surface area contributed by atoms with Gasteiger partial charge >= 0.3 is 0 Å². The number of hydrogen-bond donors (Lipinski definition) is 0. The second-order valence-electron chi connectivity index (χ2n) is 6.90. The van der Waals surface area contributed by atoms with E-state index in [1.165, 1.54) is 28.0 Å². The van der Waals surface area contributed by atoms with Crippen LogP contribution < -0.4 is 4.90 Å². The molecule has 0 saturated carbocycles. The summed E-state index contributed by atoms with van der Waals surface area (Å²) in [5.74, 6) is 0.388. The fraction of sp³-hybridized carbons (Fsp3) is 0.238. The molecular formula is C21H18ClN3O2S3. The Balaban J connectivity index is 1.40. The summed E-state index contributed by atoms with van der Waals surface area (Å²) in [6, 6.07) is 13.3. The van der Waals surface area contributed by atoms with Crippen LogP contribution in [0.5, 0.6) is 0 Å². The number of aromatic nitrogens is 2. The molecule has 30 heavy (non-hydrogen) atoms. The van der Waals surface area contributed by atoms with Crippen LogP contribution in [0.3, 0.4) is 0 Å². The average Bonchev–Trinajstić information content (AvgIpc) is 3.28. The van der Waals surface area contributed by atoms with Gasteiger partial charge in [-0.15, -0.1) is 10.2 Å². The molecule has 4 rings (SSSR count). The maximum Gasteiger partial charge on any atom is 0.247 e. The zero-order valence-corrected chi connectivity index (χ0v) is 19.5. The number of nitrogens with zero attached hydrogens (tertiary/aromatic N) is 3. The number of halogens is 1. The first-order valence-corrected chi connectivity index (χ1v) is 12.3. The summed E-state index contributed by atoms with van der Waals surface area (Å²) in [7, 11) is 0. The van der Waals surface area contributed by atoms with Crippen LogP contribution in [0.1, 0.15) is 23.1 Å². The topological polar surface area (TPSA) is 63.2 Å². The molecule has 5 nitrogen and oxygen atoms in total. The molecule has 2 aromatic carbocycles. The molecule has 3 aromatic rings. The smallest absolute Gasteiger partial charge is 0.247 e. The number of imide groups is 1. The number of rotatable bonds is 6. The lowest BCUT2D eigenvalue weighted by Crippen LogP contribution is -2.31. The number of hydrogen-bond acceptors (Lipinski definition) is 7. The number of thioether (sulfide) groups is 2. The standard InChI is InChI=1S/C21H18ClN3O2S3/c1-12-3-8-16(9-13(12)2)25-18(26)10-17(19(25)27)29-21-24-23-20(30-21)28-11-14-4-6-15(22)7-5-14/h3-9,17H,10-11H2,1-2H3/t17-/m1/s1. The van der Waals surface area contributed by atoms with Crippen LogP contribution in [0, 0.1) is 13.8 Å². The zero-order chi connectivity index (χ0) is 21.3. The molecule has 9 heteroatoms. The van der Waals surface area contributed by atoms with Crippen LogP contribution in [0.4, 0.5) is 5.69 Å². The third-order valence-corrected chi connectivity index (χ3v) is 8.41. The molecule has 0 bridgehead atoms. The van der Waals surface area contributed by atoms with Crippen LogP contribution in [0.2, 0.25) is 5.02 Å². The molecule has 0 radical (unpaired) electrons. The first-order chi connectivity index (χ1) is 14.4. The quantitative estimate of drug-likeness (QED) is 0.345. The fourth-order valence-corrected chi connectivity index (χ4v) is 6.35. The van der Waals surface area contributed by atoms with Crippen LogP contribution >= 0.6 is 46.5 Å². The summed E-state index contributed by atoms with van der Waals surface area (Å²) >= 11 is 10.3. The van der Waals surface area contributed by atoms with Gasteiger partial charge in [-0.1, -0.05) is 64.7 Å². The van der Waals surface area contributed by atoms with E-state index in [2.05, 4.69) is 10.2 Å². The molecule has 2 heterocycles. The molecule has 1 aliphatic heterocycles. The van der Waals surface area contributed by atoms with Crippen LogP contribution in [0.15, 0.2) is 51.1 Å². The highest BCUT2D eigenvalue weighted by molar-refractivity contribution is 8.03. The Morgan fingerprint density at radius 3 is 2.53 bits per heavy atom. The van der Waals surface area contributed by atoms with Crippen LogP contribution in [0.25, 0.3) is 0 Å². The van der Waals surface area contributed by atoms with Crippen LogP contribution in [-0.4, -0.2) is 27.3 Å². The predicted molar refractivity (Wildman–Crippen MR) is 124 cm³/mol. The van der Waals surface area contributed by atoms with Gasteiger partial charge in [-0.05, 0) is 54.8 Å². The highest BCUT2D eigenvalue weighted by atomic mass is 35.5. The summed E-state index contributed by atoms with van der Waals surface area (Å²) in [6.07, 6.45) is 0.170. The Morgan fingerprint density at radius 1 is 1.07 bits per heavy atom. The Bertz CT molecular complexity index is 1100. The largest absolute Gasteiger partial charge is 0.274 e. The lowest BCUT2D eigenvalue weighted by atomic mass is 10.1. The van der Waals surface area contributed by atoms with E-state index in [1.54, 1.807) is 11.8 Å². The number of carbonyl (C=O) groups excluding carboxylic acids is 2. The first-order valence-electron chi connectivity index (χ1n) is 9.22. The van der Waals surface area contributed by atoms with Gasteiger partial charge < -0.3 is 0 Å². The zero-order valence-electron chi connectivity index (χ0n) is 16.3. The molecule has 0 N–H and O–H groups in total.